The normalized spacial score (nSPS) is 18.2. The van der Waals surface area contributed by atoms with E-state index in [1.807, 2.05) is 12.1 Å². The number of nitrogens with zero attached hydrogens (tertiary/aromatic N) is 4. The molecule has 0 saturated carbocycles. The minimum Gasteiger partial charge on any atom is -0.383 e. The monoisotopic (exact) mass is 319 g/mol. The number of halogens is 1. The summed E-state index contributed by atoms with van der Waals surface area (Å²) in [4.78, 5) is 30.7. The maximum Gasteiger partial charge on any atom is 0.286 e. The Labute approximate surface area is 132 Å². The second-order valence-electron chi connectivity index (χ2n) is 5.03. The lowest BCUT2D eigenvalue weighted by Crippen LogP contribution is -2.55. The van der Waals surface area contributed by atoms with Gasteiger partial charge in [0, 0.05) is 18.1 Å². The number of amides is 1. The van der Waals surface area contributed by atoms with Crippen LogP contribution in [-0.4, -0.2) is 34.8 Å². The molecule has 0 aromatic heterocycles. The van der Waals surface area contributed by atoms with E-state index in [9.17, 15) is 9.70 Å². The van der Waals surface area contributed by atoms with E-state index in [1.165, 1.54) is 4.90 Å². The van der Waals surface area contributed by atoms with Crippen molar-refractivity contribution in [1.29, 1.82) is 0 Å². The number of carbonyl (C=O) groups is 1. The number of nitroso groups, excluding NO2 is 1. The van der Waals surface area contributed by atoms with E-state index in [2.05, 4.69) is 10.2 Å². The molecule has 0 bridgehead atoms. The largest absolute Gasteiger partial charge is 0.383 e. The van der Waals surface area contributed by atoms with Crippen LogP contribution in [0.15, 0.2) is 46.0 Å². The number of hydrogen-bond acceptors (Lipinski definition) is 6. The van der Waals surface area contributed by atoms with E-state index in [1.54, 1.807) is 17.0 Å². The first kappa shape index (κ1) is 14.5. The Hall–Kier alpha value is -2.41. The topological polar surface area (TPSA) is 91.4 Å². The van der Waals surface area contributed by atoms with Crippen molar-refractivity contribution in [3.05, 3.63) is 51.3 Å². The summed E-state index contributed by atoms with van der Waals surface area (Å²) < 4.78 is 0. The van der Waals surface area contributed by atoms with E-state index in [4.69, 9.17) is 17.3 Å². The van der Waals surface area contributed by atoms with Crippen LogP contribution in [0.3, 0.4) is 0 Å². The highest BCUT2D eigenvalue weighted by molar-refractivity contribution is 6.30. The van der Waals surface area contributed by atoms with Gasteiger partial charge in [0.1, 0.15) is 5.82 Å². The molecule has 3 rings (SSSR count). The number of carbonyl (C=O) groups excluding carboxylic acids is 1. The summed E-state index contributed by atoms with van der Waals surface area (Å²) in [7, 11) is 0. The first-order valence-electron chi connectivity index (χ1n) is 6.83. The van der Waals surface area contributed by atoms with E-state index in [0.29, 0.717) is 30.6 Å². The second-order valence-corrected chi connectivity index (χ2v) is 5.47. The molecule has 7 nitrogen and oxygen atoms in total. The van der Waals surface area contributed by atoms with Gasteiger partial charge >= 0.3 is 0 Å². The molecule has 0 aliphatic carbocycles. The molecule has 2 aliphatic heterocycles. The molecule has 0 saturated heterocycles. The van der Waals surface area contributed by atoms with Gasteiger partial charge in [0.25, 0.3) is 5.91 Å². The van der Waals surface area contributed by atoms with E-state index < -0.39 is 5.91 Å². The number of hydrogen-bond donors (Lipinski definition) is 1. The summed E-state index contributed by atoms with van der Waals surface area (Å²) in [6.45, 7) is 1.50. The van der Waals surface area contributed by atoms with Crippen LogP contribution in [0, 0.1) is 4.91 Å². The molecule has 0 unspecified atom stereocenters. The van der Waals surface area contributed by atoms with Crippen molar-refractivity contribution >= 4 is 23.5 Å². The Bertz CT molecular complexity index is 683. The highest BCUT2D eigenvalue weighted by Gasteiger charge is 2.38. The van der Waals surface area contributed by atoms with Gasteiger partial charge in [-0.3, -0.25) is 19.6 Å². The van der Waals surface area contributed by atoms with Gasteiger partial charge in [-0.2, -0.15) is 0 Å². The van der Waals surface area contributed by atoms with Crippen molar-refractivity contribution in [2.24, 2.45) is 15.9 Å². The Morgan fingerprint density at radius 2 is 2.05 bits per heavy atom. The van der Waals surface area contributed by atoms with Crippen LogP contribution in [0.5, 0.6) is 0 Å². The van der Waals surface area contributed by atoms with Gasteiger partial charge in [-0.15, -0.1) is 4.91 Å². The number of fused-ring (bicyclic) bond motifs is 1. The van der Waals surface area contributed by atoms with E-state index >= 15 is 0 Å². The first-order chi connectivity index (χ1) is 10.6. The zero-order valence-corrected chi connectivity index (χ0v) is 12.5. The second kappa shape index (κ2) is 5.76. The average Bonchev–Trinajstić information content (AvgIpc) is 2.54. The van der Waals surface area contributed by atoms with Gasteiger partial charge in [0.05, 0.1) is 6.54 Å². The smallest absolute Gasteiger partial charge is 0.286 e. The van der Waals surface area contributed by atoms with Crippen LogP contribution in [0.2, 0.25) is 5.02 Å². The van der Waals surface area contributed by atoms with Crippen molar-refractivity contribution in [3.63, 3.8) is 0 Å². The number of benzene rings is 1. The molecule has 2 heterocycles. The predicted molar refractivity (Wildman–Crippen MR) is 82.6 cm³/mol. The SMILES string of the molecule is NC1=C(N=O)C(=O)N2CCCN=C2N1Cc1ccc(Cl)cc1. The summed E-state index contributed by atoms with van der Waals surface area (Å²) in [6.07, 6.45) is 0.746. The number of nitrogens with two attached hydrogens (primary N) is 1. The van der Waals surface area contributed by atoms with Gasteiger partial charge in [-0.25, -0.2) is 0 Å². The highest BCUT2D eigenvalue weighted by Crippen LogP contribution is 2.24. The van der Waals surface area contributed by atoms with Crippen molar-refractivity contribution in [2.75, 3.05) is 13.1 Å². The Morgan fingerprint density at radius 3 is 2.73 bits per heavy atom. The number of guanidine groups is 1. The fraction of sp³-hybridized carbons (Fsp3) is 0.286. The Balaban J connectivity index is 2.00. The maximum atomic E-state index is 12.2. The molecule has 0 spiro atoms. The molecule has 114 valence electrons. The molecule has 0 fully saturated rings. The molecular weight excluding hydrogens is 306 g/mol. The first-order valence-corrected chi connectivity index (χ1v) is 7.21. The molecular formula is C14H14ClN5O2. The predicted octanol–water partition coefficient (Wildman–Crippen LogP) is 1.64. The minimum atomic E-state index is -0.488. The van der Waals surface area contributed by atoms with Crippen molar-refractivity contribution in [1.82, 2.24) is 9.80 Å². The van der Waals surface area contributed by atoms with Crippen molar-refractivity contribution in [2.45, 2.75) is 13.0 Å². The molecule has 1 amide bonds. The molecule has 8 heteroatoms. The lowest BCUT2D eigenvalue weighted by atomic mass is 10.1. The fourth-order valence-electron chi connectivity index (χ4n) is 2.50. The molecule has 0 radical (unpaired) electrons. The summed E-state index contributed by atoms with van der Waals surface area (Å²) in [5.74, 6) is 0.0151. The summed E-state index contributed by atoms with van der Waals surface area (Å²) >= 11 is 5.88. The summed E-state index contributed by atoms with van der Waals surface area (Å²) in [6, 6.07) is 7.25. The molecule has 1 aromatic carbocycles. The summed E-state index contributed by atoms with van der Waals surface area (Å²) in [5.41, 5.74) is 6.63. The van der Waals surface area contributed by atoms with Gasteiger partial charge < -0.3 is 5.73 Å². The van der Waals surface area contributed by atoms with Crippen LogP contribution in [0.1, 0.15) is 12.0 Å². The maximum absolute atomic E-state index is 12.2. The van der Waals surface area contributed by atoms with Crippen LogP contribution in [0.4, 0.5) is 0 Å². The number of rotatable bonds is 3. The Morgan fingerprint density at radius 1 is 1.32 bits per heavy atom. The van der Waals surface area contributed by atoms with Crippen LogP contribution < -0.4 is 5.73 Å². The van der Waals surface area contributed by atoms with E-state index in [0.717, 1.165) is 12.0 Å². The molecule has 2 N–H and O–H groups in total. The highest BCUT2D eigenvalue weighted by atomic mass is 35.5. The van der Waals surface area contributed by atoms with Crippen LogP contribution in [-0.2, 0) is 11.3 Å². The van der Waals surface area contributed by atoms with Crippen LogP contribution in [0.25, 0.3) is 0 Å². The van der Waals surface area contributed by atoms with Crippen molar-refractivity contribution < 1.29 is 4.79 Å². The zero-order valence-electron chi connectivity index (χ0n) is 11.7. The minimum absolute atomic E-state index is 0.0341. The molecule has 1 aromatic rings. The third-order valence-corrected chi connectivity index (χ3v) is 3.85. The molecule has 2 aliphatic rings. The van der Waals surface area contributed by atoms with Gasteiger partial charge in [-0.05, 0) is 29.3 Å². The van der Waals surface area contributed by atoms with Gasteiger partial charge in [-0.1, -0.05) is 23.7 Å². The standard InChI is InChI=1S/C14H14ClN5O2/c15-10-4-2-9(3-5-10)8-20-12(16)11(18-22)13(21)19-7-1-6-17-14(19)20/h2-5H,1,6-8,16H2. The summed E-state index contributed by atoms with van der Waals surface area (Å²) in [5, 5.41) is 3.43. The molecule has 22 heavy (non-hydrogen) atoms. The Kier molecular flexibility index (Phi) is 3.81. The zero-order chi connectivity index (χ0) is 15.7. The molecule has 0 atom stereocenters. The third-order valence-electron chi connectivity index (χ3n) is 3.60. The van der Waals surface area contributed by atoms with Gasteiger partial charge in [0.15, 0.2) is 0 Å². The van der Waals surface area contributed by atoms with Crippen molar-refractivity contribution in [3.8, 4) is 0 Å². The fourth-order valence-corrected chi connectivity index (χ4v) is 2.63. The number of aliphatic imine (C=N–C) groups is 1. The van der Waals surface area contributed by atoms with E-state index in [-0.39, 0.29) is 11.5 Å². The van der Waals surface area contributed by atoms with Gasteiger partial charge in [0.2, 0.25) is 11.7 Å². The lowest BCUT2D eigenvalue weighted by molar-refractivity contribution is -0.125. The van der Waals surface area contributed by atoms with Crippen LogP contribution >= 0.6 is 11.6 Å². The average molecular weight is 320 g/mol. The lowest BCUT2D eigenvalue weighted by Gasteiger charge is -2.39. The third kappa shape index (κ3) is 2.43. The quantitative estimate of drug-likeness (QED) is 0.857.